The maximum absolute atomic E-state index is 11.8. The molecule has 94 valence electrons. The first-order chi connectivity index (χ1) is 7.79. The Labute approximate surface area is 98.0 Å². The van der Waals surface area contributed by atoms with E-state index in [2.05, 4.69) is 12.2 Å². The predicted molar refractivity (Wildman–Crippen MR) is 64.4 cm³/mol. The molecule has 4 nitrogen and oxygen atoms in total. The van der Waals surface area contributed by atoms with Gasteiger partial charge in [0.2, 0.25) is 0 Å². The number of hydrogen-bond donors (Lipinski definition) is 2. The molecule has 1 atom stereocenters. The van der Waals surface area contributed by atoms with Gasteiger partial charge in [-0.2, -0.15) is 0 Å². The molecule has 1 saturated heterocycles. The lowest BCUT2D eigenvalue weighted by atomic mass is 10.2. The Morgan fingerprint density at radius 1 is 1.44 bits per heavy atom. The SMILES string of the molecule is CCCCCCNC(=O)N1CCC[C@H]1CO. The Morgan fingerprint density at radius 2 is 2.25 bits per heavy atom. The smallest absolute Gasteiger partial charge is 0.317 e. The minimum absolute atomic E-state index is 0.00644. The van der Waals surface area contributed by atoms with Crippen LogP contribution in [0.15, 0.2) is 0 Å². The molecule has 1 aliphatic heterocycles. The number of unbranched alkanes of at least 4 members (excludes halogenated alkanes) is 3. The van der Waals surface area contributed by atoms with Crippen molar-refractivity contribution < 1.29 is 9.90 Å². The van der Waals surface area contributed by atoms with Crippen molar-refractivity contribution in [2.45, 2.75) is 51.5 Å². The second-order valence-corrected chi connectivity index (χ2v) is 4.46. The monoisotopic (exact) mass is 228 g/mol. The molecule has 0 aromatic heterocycles. The van der Waals surface area contributed by atoms with Crippen LogP contribution in [0.5, 0.6) is 0 Å². The van der Waals surface area contributed by atoms with Gasteiger partial charge in [-0.05, 0) is 19.3 Å². The molecule has 1 aliphatic rings. The zero-order chi connectivity index (χ0) is 11.8. The van der Waals surface area contributed by atoms with Gasteiger partial charge in [-0.25, -0.2) is 4.79 Å². The zero-order valence-electron chi connectivity index (χ0n) is 10.2. The summed E-state index contributed by atoms with van der Waals surface area (Å²) in [6.45, 7) is 3.80. The van der Waals surface area contributed by atoms with Crippen LogP contribution in [0.1, 0.15) is 45.4 Å². The fourth-order valence-corrected chi connectivity index (χ4v) is 2.14. The number of hydrogen-bond acceptors (Lipinski definition) is 2. The Morgan fingerprint density at radius 3 is 2.94 bits per heavy atom. The molecule has 0 aromatic rings. The first-order valence-corrected chi connectivity index (χ1v) is 6.45. The van der Waals surface area contributed by atoms with Crippen LogP contribution in [0.3, 0.4) is 0 Å². The Hall–Kier alpha value is -0.770. The van der Waals surface area contributed by atoms with E-state index in [1.807, 2.05) is 0 Å². The minimum Gasteiger partial charge on any atom is -0.394 e. The number of nitrogens with one attached hydrogen (secondary N) is 1. The van der Waals surface area contributed by atoms with E-state index in [1.165, 1.54) is 19.3 Å². The molecule has 4 heteroatoms. The number of nitrogens with zero attached hydrogens (tertiary/aromatic N) is 1. The largest absolute Gasteiger partial charge is 0.394 e. The van der Waals surface area contributed by atoms with Crippen LogP contribution in [-0.4, -0.2) is 41.8 Å². The van der Waals surface area contributed by atoms with Gasteiger partial charge >= 0.3 is 6.03 Å². The quantitative estimate of drug-likeness (QED) is 0.680. The summed E-state index contributed by atoms with van der Waals surface area (Å²) >= 11 is 0. The summed E-state index contributed by atoms with van der Waals surface area (Å²) in [6.07, 6.45) is 6.62. The third kappa shape index (κ3) is 4.00. The number of aliphatic hydroxyl groups is 1. The van der Waals surface area contributed by atoms with Gasteiger partial charge in [0.15, 0.2) is 0 Å². The normalized spacial score (nSPS) is 20.1. The molecule has 1 rings (SSSR count). The van der Waals surface area contributed by atoms with Crippen LogP contribution in [0.2, 0.25) is 0 Å². The van der Waals surface area contributed by atoms with Crippen LogP contribution in [0, 0.1) is 0 Å². The average Bonchev–Trinajstić information content (AvgIpc) is 2.76. The van der Waals surface area contributed by atoms with Crippen molar-refractivity contribution in [3.05, 3.63) is 0 Å². The van der Waals surface area contributed by atoms with Gasteiger partial charge in [0.05, 0.1) is 12.6 Å². The van der Waals surface area contributed by atoms with Crippen molar-refractivity contribution in [1.82, 2.24) is 10.2 Å². The van der Waals surface area contributed by atoms with Crippen molar-refractivity contribution in [1.29, 1.82) is 0 Å². The lowest BCUT2D eigenvalue weighted by Crippen LogP contribution is -2.44. The number of carbonyl (C=O) groups is 1. The van der Waals surface area contributed by atoms with Gasteiger partial charge in [0.25, 0.3) is 0 Å². The summed E-state index contributed by atoms with van der Waals surface area (Å²) < 4.78 is 0. The third-order valence-electron chi connectivity index (χ3n) is 3.16. The molecule has 0 unspecified atom stereocenters. The van der Waals surface area contributed by atoms with E-state index in [-0.39, 0.29) is 18.7 Å². The molecule has 0 spiro atoms. The van der Waals surface area contributed by atoms with Crippen molar-refractivity contribution >= 4 is 6.03 Å². The topological polar surface area (TPSA) is 52.6 Å². The highest BCUT2D eigenvalue weighted by atomic mass is 16.3. The number of likely N-dealkylation sites (tertiary alicyclic amines) is 1. The first kappa shape index (κ1) is 13.3. The van der Waals surface area contributed by atoms with Crippen LogP contribution in [0.25, 0.3) is 0 Å². The first-order valence-electron chi connectivity index (χ1n) is 6.45. The summed E-state index contributed by atoms with van der Waals surface area (Å²) in [7, 11) is 0. The highest BCUT2D eigenvalue weighted by Gasteiger charge is 2.27. The van der Waals surface area contributed by atoms with Gasteiger partial charge < -0.3 is 15.3 Å². The van der Waals surface area contributed by atoms with Crippen LogP contribution in [0.4, 0.5) is 4.79 Å². The van der Waals surface area contributed by atoms with Gasteiger partial charge in [-0.1, -0.05) is 26.2 Å². The maximum atomic E-state index is 11.8. The molecule has 2 amide bonds. The predicted octanol–water partition coefficient (Wildman–Crippen LogP) is 1.73. The molecule has 16 heavy (non-hydrogen) atoms. The molecule has 2 N–H and O–H groups in total. The highest BCUT2D eigenvalue weighted by molar-refractivity contribution is 5.74. The summed E-state index contributed by atoms with van der Waals surface area (Å²) in [5.41, 5.74) is 0. The van der Waals surface area contributed by atoms with E-state index in [4.69, 9.17) is 5.11 Å². The van der Waals surface area contributed by atoms with E-state index < -0.39 is 0 Å². The molecule has 0 saturated carbocycles. The zero-order valence-corrected chi connectivity index (χ0v) is 10.2. The number of carbonyl (C=O) groups excluding carboxylic acids is 1. The van der Waals surface area contributed by atoms with Gasteiger partial charge in [-0.15, -0.1) is 0 Å². The standard InChI is InChI=1S/C12H24N2O2/c1-2-3-4-5-8-13-12(16)14-9-6-7-11(14)10-15/h11,15H,2-10H2,1H3,(H,13,16)/t11-/m0/s1. The molecule has 1 heterocycles. The fourth-order valence-electron chi connectivity index (χ4n) is 2.14. The fraction of sp³-hybridized carbons (Fsp3) is 0.917. The molecule has 0 aliphatic carbocycles. The van der Waals surface area contributed by atoms with Crippen LogP contribution < -0.4 is 5.32 Å². The molecular formula is C12H24N2O2. The molecule has 0 radical (unpaired) electrons. The van der Waals surface area contributed by atoms with Crippen LogP contribution >= 0.6 is 0 Å². The molecule has 0 bridgehead atoms. The molecular weight excluding hydrogens is 204 g/mol. The number of urea groups is 1. The van der Waals surface area contributed by atoms with Crippen molar-refractivity contribution in [3.63, 3.8) is 0 Å². The Balaban J connectivity index is 2.14. The Bertz CT molecular complexity index is 209. The number of amides is 2. The van der Waals surface area contributed by atoms with Crippen molar-refractivity contribution in [2.75, 3.05) is 19.7 Å². The maximum Gasteiger partial charge on any atom is 0.317 e. The van der Waals surface area contributed by atoms with E-state index in [0.29, 0.717) is 0 Å². The average molecular weight is 228 g/mol. The second-order valence-electron chi connectivity index (χ2n) is 4.46. The second kappa shape index (κ2) is 7.49. The Kier molecular flexibility index (Phi) is 6.23. The number of rotatable bonds is 6. The number of aliphatic hydroxyl groups excluding tert-OH is 1. The third-order valence-corrected chi connectivity index (χ3v) is 3.16. The summed E-state index contributed by atoms with van der Waals surface area (Å²) in [6, 6.07) is 0.0312. The van der Waals surface area contributed by atoms with Gasteiger partial charge in [0, 0.05) is 13.1 Å². The van der Waals surface area contributed by atoms with E-state index in [0.717, 1.165) is 32.4 Å². The summed E-state index contributed by atoms with van der Waals surface area (Å²) in [5.74, 6) is 0. The van der Waals surface area contributed by atoms with Gasteiger partial charge in [0.1, 0.15) is 0 Å². The van der Waals surface area contributed by atoms with Gasteiger partial charge in [-0.3, -0.25) is 0 Å². The molecule has 0 aromatic carbocycles. The van der Waals surface area contributed by atoms with E-state index in [1.54, 1.807) is 4.90 Å². The lowest BCUT2D eigenvalue weighted by molar-refractivity contribution is 0.157. The summed E-state index contributed by atoms with van der Waals surface area (Å²) in [4.78, 5) is 13.5. The minimum atomic E-state index is -0.00644. The van der Waals surface area contributed by atoms with E-state index in [9.17, 15) is 4.79 Å². The lowest BCUT2D eigenvalue weighted by Gasteiger charge is -2.23. The van der Waals surface area contributed by atoms with Crippen LogP contribution in [-0.2, 0) is 0 Å². The van der Waals surface area contributed by atoms with E-state index >= 15 is 0 Å². The van der Waals surface area contributed by atoms with Crippen molar-refractivity contribution in [3.8, 4) is 0 Å². The van der Waals surface area contributed by atoms with Crippen molar-refractivity contribution in [2.24, 2.45) is 0 Å². The highest BCUT2D eigenvalue weighted by Crippen LogP contribution is 2.16. The molecule has 1 fully saturated rings. The summed E-state index contributed by atoms with van der Waals surface area (Å²) in [5, 5.41) is 12.0.